The summed E-state index contributed by atoms with van der Waals surface area (Å²) in [7, 11) is 1.19. The molecule has 0 fully saturated rings. The van der Waals surface area contributed by atoms with Crippen molar-refractivity contribution in [3.8, 4) is 0 Å². The second kappa shape index (κ2) is 8.96. The molecule has 0 aliphatic rings. The molecule has 0 aliphatic carbocycles. The zero-order chi connectivity index (χ0) is 19.3. The minimum Gasteiger partial charge on any atom is -0.467 e. The fourth-order valence-electron chi connectivity index (χ4n) is 2.35. The first-order chi connectivity index (χ1) is 12.3. The highest BCUT2D eigenvalue weighted by Gasteiger charge is 2.24. The van der Waals surface area contributed by atoms with Crippen LogP contribution in [-0.2, 0) is 27.2 Å². The molecule has 0 saturated carbocycles. The normalized spacial score (nSPS) is 11.7. The zero-order valence-electron chi connectivity index (χ0n) is 13.7. The summed E-state index contributed by atoms with van der Waals surface area (Å²) in [5, 5.41) is 3.20. The van der Waals surface area contributed by atoms with E-state index < -0.39 is 29.6 Å². The van der Waals surface area contributed by atoms with Gasteiger partial charge in [0.15, 0.2) is 11.6 Å². The minimum atomic E-state index is -1.05. The van der Waals surface area contributed by atoms with Gasteiger partial charge in [0.2, 0.25) is 5.91 Å². The van der Waals surface area contributed by atoms with E-state index in [1.165, 1.54) is 13.2 Å². The van der Waals surface area contributed by atoms with Gasteiger partial charge in [-0.3, -0.25) is 4.79 Å². The minimum absolute atomic E-state index is 0.0225. The molecule has 1 N–H and O–H groups in total. The van der Waals surface area contributed by atoms with Crippen LogP contribution in [0.2, 0.25) is 10.0 Å². The van der Waals surface area contributed by atoms with E-state index in [1.54, 1.807) is 18.2 Å². The first kappa shape index (κ1) is 20.1. The van der Waals surface area contributed by atoms with Gasteiger partial charge in [0, 0.05) is 16.5 Å². The average molecular weight is 402 g/mol. The predicted octanol–water partition coefficient (Wildman–Crippen LogP) is 3.71. The Bertz CT molecular complexity index is 810. The topological polar surface area (TPSA) is 55.4 Å². The third-order valence-corrected chi connectivity index (χ3v) is 4.35. The summed E-state index contributed by atoms with van der Waals surface area (Å²) in [5.41, 5.74) is 0.750. The molecular formula is C18H15Cl2F2NO3. The molecule has 2 aromatic carbocycles. The van der Waals surface area contributed by atoms with E-state index >= 15 is 0 Å². The summed E-state index contributed by atoms with van der Waals surface area (Å²) < 4.78 is 30.9. The van der Waals surface area contributed by atoms with Crippen molar-refractivity contribution in [2.24, 2.45) is 0 Å². The van der Waals surface area contributed by atoms with Crippen molar-refractivity contribution in [1.29, 1.82) is 0 Å². The molecule has 2 rings (SSSR count). The number of benzene rings is 2. The van der Waals surface area contributed by atoms with Crippen molar-refractivity contribution in [1.82, 2.24) is 5.32 Å². The summed E-state index contributed by atoms with van der Waals surface area (Å²) in [4.78, 5) is 24.2. The number of methoxy groups -OCH3 is 1. The number of amides is 1. The van der Waals surface area contributed by atoms with Crippen molar-refractivity contribution >= 4 is 35.1 Å². The summed E-state index contributed by atoms with van der Waals surface area (Å²) >= 11 is 12.2. The van der Waals surface area contributed by atoms with Gasteiger partial charge in [-0.2, -0.15) is 0 Å². The third-order valence-electron chi connectivity index (χ3n) is 3.64. The highest BCUT2D eigenvalue weighted by Crippen LogP contribution is 2.25. The Balaban J connectivity index is 2.13. The Morgan fingerprint density at radius 1 is 1.12 bits per heavy atom. The number of ether oxygens (including phenoxy) is 1. The van der Waals surface area contributed by atoms with E-state index in [1.807, 2.05) is 0 Å². The smallest absolute Gasteiger partial charge is 0.328 e. The molecule has 0 unspecified atom stereocenters. The van der Waals surface area contributed by atoms with Crippen LogP contribution in [0.3, 0.4) is 0 Å². The van der Waals surface area contributed by atoms with Gasteiger partial charge < -0.3 is 10.1 Å². The molecule has 0 saturated heterocycles. The van der Waals surface area contributed by atoms with Crippen LogP contribution in [0, 0.1) is 11.6 Å². The van der Waals surface area contributed by atoms with Crippen LogP contribution in [0.5, 0.6) is 0 Å². The van der Waals surface area contributed by atoms with Crippen molar-refractivity contribution in [2.45, 2.75) is 18.9 Å². The average Bonchev–Trinajstić information content (AvgIpc) is 2.59. The van der Waals surface area contributed by atoms with E-state index in [4.69, 9.17) is 27.9 Å². The monoisotopic (exact) mass is 401 g/mol. The maximum absolute atomic E-state index is 13.2. The molecular weight excluding hydrogens is 387 g/mol. The summed E-state index contributed by atoms with van der Waals surface area (Å²) in [5.74, 6) is -3.30. The van der Waals surface area contributed by atoms with E-state index in [0.29, 0.717) is 15.6 Å². The second-order valence-corrected chi connectivity index (χ2v) is 6.29. The molecule has 138 valence electrons. The van der Waals surface area contributed by atoms with E-state index in [0.717, 1.165) is 12.1 Å². The van der Waals surface area contributed by atoms with Gasteiger partial charge in [0.25, 0.3) is 0 Å². The molecule has 0 bridgehead atoms. The SMILES string of the molecule is COC(=O)[C@@H](Cc1c(Cl)cccc1Cl)NC(=O)Cc1ccc(F)c(F)c1. The maximum atomic E-state index is 13.2. The Kier molecular flexibility index (Phi) is 6.94. The highest BCUT2D eigenvalue weighted by atomic mass is 35.5. The van der Waals surface area contributed by atoms with Crippen LogP contribution >= 0.6 is 23.2 Å². The predicted molar refractivity (Wildman–Crippen MR) is 94.2 cm³/mol. The summed E-state index contributed by atoms with van der Waals surface area (Å²) in [6.45, 7) is 0. The van der Waals surface area contributed by atoms with Gasteiger partial charge in [0.05, 0.1) is 13.5 Å². The van der Waals surface area contributed by atoms with Gasteiger partial charge in [-0.1, -0.05) is 35.3 Å². The Labute approximate surface area is 159 Å². The number of rotatable bonds is 6. The lowest BCUT2D eigenvalue weighted by Crippen LogP contribution is -2.43. The highest BCUT2D eigenvalue weighted by molar-refractivity contribution is 6.36. The van der Waals surface area contributed by atoms with Gasteiger partial charge in [-0.25, -0.2) is 13.6 Å². The van der Waals surface area contributed by atoms with E-state index in [-0.39, 0.29) is 18.4 Å². The van der Waals surface area contributed by atoms with E-state index in [2.05, 4.69) is 5.32 Å². The maximum Gasteiger partial charge on any atom is 0.328 e. The fourth-order valence-corrected chi connectivity index (χ4v) is 2.90. The van der Waals surface area contributed by atoms with Crippen molar-refractivity contribution < 1.29 is 23.1 Å². The van der Waals surface area contributed by atoms with E-state index in [9.17, 15) is 18.4 Å². The number of hydrogen-bond donors (Lipinski definition) is 1. The lowest BCUT2D eigenvalue weighted by molar-refractivity contribution is -0.145. The molecule has 26 heavy (non-hydrogen) atoms. The molecule has 4 nitrogen and oxygen atoms in total. The third kappa shape index (κ3) is 5.16. The van der Waals surface area contributed by atoms with Crippen molar-refractivity contribution in [3.05, 3.63) is 69.2 Å². The number of halogens is 4. The number of nitrogens with one attached hydrogen (secondary N) is 1. The van der Waals surface area contributed by atoms with Gasteiger partial charge in [-0.05, 0) is 35.4 Å². The molecule has 0 spiro atoms. The Morgan fingerprint density at radius 2 is 1.77 bits per heavy atom. The first-order valence-corrected chi connectivity index (χ1v) is 8.31. The van der Waals surface area contributed by atoms with Crippen LogP contribution in [0.1, 0.15) is 11.1 Å². The standard InChI is InChI=1S/C18H15Cl2F2NO3/c1-26-18(25)16(9-11-12(19)3-2-4-13(11)20)23-17(24)8-10-5-6-14(21)15(22)7-10/h2-7,16H,8-9H2,1H3,(H,23,24)/t16-/m1/s1. The van der Waals surface area contributed by atoms with Crippen LogP contribution in [0.4, 0.5) is 8.78 Å². The van der Waals surface area contributed by atoms with Crippen molar-refractivity contribution in [3.63, 3.8) is 0 Å². The molecule has 1 atom stereocenters. The largest absolute Gasteiger partial charge is 0.467 e. The Hall–Kier alpha value is -2.18. The molecule has 0 radical (unpaired) electrons. The number of carbonyl (C=O) groups excluding carboxylic acids is 2. The molecule has 2 aromatic rings. The van der Waals surface area contributed by atoms with Crippen LogP contribution in [0.25, 0.3) is 0 Å². The van der Waals surface area contributed by atoms with Crippen LogP contribution in [-0.4, -0.2) is 25.0 Å². The number of esters is 1. The van der Waals surface area contributed by atoms with Gasteiger partial charge >= 0.3 is 5.97 Å². The molecule has 0 aliphatic heterocycles. The second-order valence-electron chi connectivity index (χ2n) is 5.47. The van der Waals surface area contributed by atoms with Gasteiger partial charge in [-0.15, -0.1) is 0 Å². The van der Waals surface area contributed by atoms with Gasteiger partial charge in [0.1, 0.15) is 6.04 Å². The molecule has 0 heterocycles. The molecule has 8 heteroatoms. The van der Waals surface area contributed by atoms with Crippen LogP contribution in [0.15, 0.2) is 36.4 Å². The fraction of sp³-hybridized carbons (Fsp3) is 0.222. The lowest BCUT2D eigenvalue weighted by atomic mass is 10.0. The van der Waals surface area contributed by atoms with Crippen LogP contribution < -0.4 is 5.32 Å². The summed E-state index contributed by atoms with van der Waals surface area (Å²) in [6.07, 6.45) is -0.213. The quantitative estimate of drug-likeness (QED) is 0.750. The van der Waals surface area contributed by atoms with Crippen molar-refractivity contribution in [2.75, 3.05) is 7.11 Å². The number of hydrogen-bond acceptors (Lipinski definition) is 3. The Morgan fingerprint density at radius 3 is 2.35 bits per heavy atom. The molecule has 0 aromatic heterocycles. The summed E-state index contributed by atoms with van der Waals surface area (Å²) in [6, 6.07) is 6.99. The lowest BCUT2D eigenvalue weighted by Gasteiger charge is -2.18. The number of carbonyl (C=O) groups is 2. The molecule has 1 amide bonds. The first-order valence-electron chi connectivity index (χ1n) is 7.55. The zero-order valence-corrected chi connectivity index (χ0v) is 15.2.